The summed E-state index contributed by atoms with van der Waals surface area (Å²) >= 11 is 0. The van der Waals surface area contributed by atoms with Crippen LogP contribution in [0.15, 0.2) is 0 Å². The minimum Gasteiger partial charge on any atom is -0.480 e. The van der Waals surface area contributed by atoms with Gasteiger partial charge in [0.05, 0.1) is 6.61 Å². The molecule has 1 unspecified atom stereocenters. The maximum Gasteiger partial charge on any atom is 0.326 e. The minimum atomic E-state index is -1.09. The number of aliphatic carboxylic acids is 1. The summed E-state index contributed by atoms with van der Waals surface area (Å²) in [5.74, 6) is -1.62. The van der Waals surface area contributed by atoms with E-state index in [9.17, 15) is 14.4 Å². The van der Waals surface area contributed by atoms with Crippen molar-refractivity contribution in [2.45, 2.75) is 32.7 Å². The molecule has 0 aliphatic carbocycles. The maximum atomic E-state index is 11.6. The van der Waals surface area contributed by atoms with E-state index in [0.29, 0.717) is 12.8 Å². The highest BCUT2D eigenvalue weighted by molar-refractivity contribution is 5.84. The highest BCUT2D eigenvalue weighted by Gasteiger charge is 2.21. The third-order valence-electron chi connectivity index (χ3n) is 2.19. The number of carbonyl (C=O) groups excluding carboxylic acids is 2. The summed E-state index contributed by atoms with van der Waals surface area (Å²) in [6, 6.07) is -1.55. The molecule has 2 amide bonds. The van der Waals surface area contributed by atoms with E-state index in [0.717, 1.165) is 4.90 Å². The first-order valence-electron chi connectivity index (χ1n) is 5.82. The monoisotopic (exact) mass is 260 g/mol. The van der Waals surface area contributed by atoms with E-state index in [1.807, 2.05) is 6.92 Å². The van der Waals surface area contributed by atoms with E-state index in [1.54, 1.807) is 6.92 Å². The summed E-state index contributed by atoms with van der Waals surface area (Å²) < 4.78 is 4.69. The number of nitrogens with one attached hydrogen (secondary N) is 1. The van der Waals surface area contributed by atoms with Crippen LogP contribution >= 0.6 is 0 Å². The molecule has 0 aromatic carbocycles. The van der Waals surface area contributed by atoms with Gasteiger partial charge in [0.1, 0.15) is 12.6 Å². The number of carboxylic acid groups (broad SMARTS) is 1. The van der Waals surface area contributed by atoms with Gasteiger partial charge in [-0.25, -0.2) is 9.59 Å². The van der Waals surface area contributed by atoms with Crippen molar-refractivity contribution in [3.05, 3.63) is 0 Å². The molecule has 7 heteroatoms. The Morgan fingerprint density at radius 3 is 2.39 bits per heavy atom. The van der Waals surface area contributed by atoms with Gasteiger partial charge in [0.2, 0.25) is 0 Å². The van der Waals surface area contributed by atoms with Gasteiger partial charge in [-0.2, -0.15) is 0 Å². The average Bonchev–Trinajstić information content (AvgIpc) is 2.28. The third-order valence-corrected chi connectivity index (χ3v) is 2.19. The molecule has 18 heavy (non-hydrogen) atoms. The molecule has 0 saturated heterocycles. The Hall–Kier alpha value is -1.79. The number of ether oxygens (including phenoxy) is 1. The van der Waals surface area contributed by atoms with Gasteiger partial charge < -0.3 is 20.1 Å². The standard InChI is InChI=1S/C11H20N2O5/c1-4-6-8(10(15)16)12-11(17)13(3)7-9(14)18-5-2/h8H,4-7H2,1-3H3,(H,12,17)(H,15,16). The van der Waals surface area contributed by atoms with Crippen LogP contribution in [0.1, 0.15) is 26.7 Å². The normalized spacial score (nSPS) is 11.5. The lowest BCUT2D eigenvalue weighted by molar-refractivity contribution is -0.143. The Labute approximate surface area is 106 Å². The van der Waals surface area contributed by atoms with Crippen LogP contribution in [0.3, 0.4) is 0 Å². The molecule has 0 fully saturated rings. The summed E-state index contributed by atoms with van der Waals surface area (Å²) in [4.78, 5) is 34.7. The summed E-state index contributed by atoms with van der Waals surface area (Å²) in [7, 11) is 1.40. The number of hydrogen-bond acceptors (Lipinski definition) is 4. The molecule has 2 N–H and O–H groups in total. The second-order valence-electron chi connectivity index (χ2n) is 3.79. The molecule has 0 aromatic heterocycles. The third kappa shape index (κ3) is 6.07. The molecule has 0 aliphatic heterocycles. The van der Waals surface area contributed by atoms with Gasteiger partial charge in [-0.05, 0) is 13.3 Å². The molecule has 0 saturated carbocycles. The number of urea groups is 1. The fourth-order valence-electron chi connectivity index (χ4n) is 1.28. The zero-order valence-corrected chi connectivity index (χ0v) is 10.9. The van der Waals surface area contributed by atoms with Crippen molar-refractivity contribution in [1.82, 2.24) is 10.2 Å². The average molecular weight is 260 g/mol. The first-order chi connectivity index (χ1) is 8.42. The fraction of sp³-hybridized carbons (Fsp3) is 0.727. The molecular formula is C11H20N2O5. The quantitative estimate of drug-likeness (QED) is 0.648. The number of amides is 2. The molecule has 1 atom stereocenters. The van der Waals surface area contributed by atoms with Crippen molar-refractivity contribution < 1.29 is 24.2 Å². The van der Waals surface area contributed by atoms with Gasteiger partial charge in [0, 0.05) is 7.05 Å². The second-order valence-corrected chi connectivity index (χ2v) is 3.79. The van der Waals surface area contributed by atoms with Crippen molar-refractivity contribution in [3.8, 4) is 0 Å². The first kappa shape index (κ1) is 16.2. The van der Waals surface area contributed by atoms with Gasteiger partial charge in [-0.3, -0.25) is 4.79 Å². The summed E-state index contributed by atoms with van der Waals surface area (Å²) in [5, 5.41) is 11.2. The van der Waals surface area contributed by atoms with E-state index in [1.165, 1.54) is 7.05 Å². The number of nitrogens with zero attached hydrogens (tertiary/aromatic N) is 1. The SMILES string of the molecule is CCCC(NC(=O)N(C)CC(=O)OCC)C(=O)O. The van der Waals surface area contributed by atoms with Crippen LogP contribution in [0.5, 0.6) is 0 Å². The smallest absolute Gasteiger partial charge is 0.326 e. The van der Waals surface area contributed by atoms with Gasteiger partial charge in [0.25, 0.3) is 0 Å². The van der Waals surface area contributed by atoms with Crippen molar-refractivity contribution >= 4 is 18.0 Å². The summed E-state index contributed by atoms with van der Waals surface area (Å²) in [6.07, 6.45) is 0.979. The van der Waals surface area contributed by atoms with Crippen molar-refractivity contribution in [2.75, 3.05) is 20.2 Å². The van der Waals surface area contributed by atoms with Gasteiger partial charge >= 0.3 is 18.0 Å². The summed E-state index contributed by atoms with van der Waals surface area (Å²) in [6.45, 7) is 3.52. The van der Waals surface area contributed by atoms with Crippen molar-refractivity contribution in [1.29, 1.82) is 0 Å². The largest absolute Gasteiger partial charge is 0.480 e. The molecule has 0 rings (SSSR count). The predicted octanol–water partition coefficient (Wildman–Crippen LogP) is 0.444. The van der Waals surface area contributed by atoms with Gasteiger partial charge in [-0.15, -0.1) is 0 Å². The van der Waals surface area contributed by atoms with E-state index in [-0.39, 0.29) is 13.2 Å². The number of esters is 1. The zero-order chi connectivity index (χ0) is 14.1. The number of rotatable bonds is 7. The Morgan fingerprint density at radius 1 is 1.33 bits per heavy atom. The lowest BCUT2D eigenvalue weighted by Crippen LogP contribution is -2.48. The second kappa shape index (κ2) is 8.32. The zero-order valence-electron chi connectivity index (χ0n) is 10.9. The number of carboxylic acids is 1. The van der Waals surface area contributed by atoms with Crippen LogP contribution in [0.4, 0.5) is 4.79 Å². The lowest BCUT2D eigenvalue weighted by Gasteiger charge is -2.20. The first-order valence-corrected chi connectivity index (χ1v) is 5.82. The Bertz CT molecular complexity index is 306. The van der Waals surface area contributed by atoms with E-state index in [4.69, 9.17) is 5.11 Å². The number of likely N-dealkylation sites (N-methyl/N-ethyl adjacent to an activating group) is 1. The summed E-state index contributed by atoms with van der Waals surface area (Å²) in [5.41, 5.74) is 0. The minimum absolute atomic E-state index is 0.210. The van der Waals surface area contributed by atoms with E-state index in [2.05, 4.69) is 10.1 Å². The van der Waals surface area contributed by atoms with Crippen LogP contribution in [0, 0.1) is 0 Å². The molecule has 0 aliphatic rings. The number of carbonyl (C=O) groups is 3. The Morgan fingerprint density at radius 2 is 1.94 bits per heavy atom. The Balaban J connectivity index is 4.28. The van der Waals surface area contributed by atoms with Gasteiger partial charge in [-0.1, -0.05) is 13.3 Å². The van der Waals surface area contributed by atoms with E-state index >= 15 is 0 Å². The molecule has 0 aromatic rings. The highest BCUT2D eigenvalue weighted by atomic mass is 16.5. The lowest BCUT2D eigenvalue weighted by atomic mass is 10.2. The molecule has 0 spiro atoms. The van der Waals surface area contributed by atoms with Crippen LogP contribution in [0.25, 0.3) is 0 Å². The number of hydrogen-bond donors (Lipinski definition) is 2. The van der Waals surface area contributed by atoms with Crippen molar-refractivity contribution in [2.24, 2.45) is 0 Å². The fourth-order valence-corrected chi connectivity index (χ4v) is 1.28. The molecule has 104 valence electrons. The predicted molar refractivity (Wildman–Crippen MR) is 64.1 cm³/mol. The molecular weight excluding hydrogens is 240 g/mol. The molecule has 0 radical (unpaired) electrons. The molecule has 0 bridgehead atoms. The maximum absolute atomic E-state index is 11.6. The van der Waals surface area contributed by atoms with Crippen LogP contribution in [-0.4, -0.2) is 54.2 Å². The van der Waals surface area contributed by atoms with Crippen LogP contribution < -0.4 is 5.32 Å². The Kier molecular flexibility index (Phi) is 7.50. The van der Waals surface area contributed by atoms with Gasteiger partial charge in [0.15, 0.2) is 0 Å². The topological polar surface area (TPSA) is 95.9 Å². The van der Waals surface area contributed by atoms with E-state index < -0.39 is 24.0 Å². The molecule has 7 nitrogen and oxygen atoms in total. The van der Waals surface area contributed by atoms with Crippen LogP contribution in [0.2, 0.25) is 0 Å². The van der Waals surface area contributed by atoms with Crippen molar-refractivity contribution in [3.63, 3.8) is 0 Å². The highest BCUT2D eigenvalue weighted by Crippen LogP contribution is 1.98. The van der Waals surface area contributed by atoms with Crippen LogP contribution in [-0.2, 0) is 14.3 Å². The molecule has 0 heterocycles.